The minimum absolute atomic E-state index is 0. The molecule has 2 aromatic rings. The van der Waals surface area contributed by atoms with Gasteiger partial charge in [-0.15, -0.1) is 24.8 Å². The van der Waals surface area contributed by atoms with E-state index in [4.69, 9.17) is 23.7 Å². The first-order valence-corrected chi connectivity index (χ1v) is 10.7. The van der Waals surface area contributed by atoms with Crippen LogP contribution in [0.3, 0.4) is 0 Å². The Morgan fingerprint density at radius 3 is 1.97 bits per heavy atom. The van der Waals surface area contributed by atoms with Crippen LogP contribution in [-0.4, -0.2) is 73.9 Å². The van der Waals surface area contributed by atoms with E-state index in [1.807, 2.05) is 24.3 Å². The van der Waals surface area contributed by atoms with Crippen molar-refractivity contribution >= 4 is 24.8 Å². The van der Waals surface area contributed by atoms with E-state index in [2.05, 4.69) is 21.9 Å². The average Bonchev–Trinajstić information content (AvgIpc) is 3.43. The molecule has 0 spiro atoms. The van der Waals surface area contributed by atoms with Gasteiger partial charge in [-0.05, 0) is 35.4 Å². The summed E-state index contributed by atoms with van der Waals surface area (Å²) in [7, 11) is 0. The van der Waals surface area contributed by atoms with Crippen LogP contribution in [0.25, 0.3) is 0 Å². The number of aliphatic hydroxyl groups excluding tert-OH is 1. The summed E-state index contributed by atoms with van der Waals surface area (Å²) in [5.41, 5.74) is 2.24. The van der Waals surface area contributed by atoms with Crippen LogP contribution < -0.4 is 18.9 Å². The predicted octanol–water partition coefficient (Wildman–Crippen LogP) is 2.68. The minimum Gasteiger partial charge on any atom is -0.454 e. The van der Waals surface area contributed by atoms with Crippen LogP contribution >= 0.6 is 24.8 Å². The first-order valence-electron chi connectivity index (χ1n) is 10.7. The van der Waals surface area contributed by atoms with Crippen LogP contribution in [-0.2, 0) is 17.9 Å². The first kappa shape index (κ1) is 25.7. The van der Waals surface area contributed by atoms with E-state index in [0.29, 0.717) is 26.6 Å². The maximum Gasteiger partial charge on any atom is 0.231 e. The van der Waals surface area contributed by atoms with E-state index in [0.717, 1.165) is 61.3 Å². The van der Waals surface area contributed by atoms with Gasteiger partial charge in [0.25, 0.3) is 0 Å². The summed E-state index contributed by atoms with van der Waals surface area (Å²) in [5.74, 6) is 3.17. The highest BCUT2D eigenvalue weighted by Gasteiger charge is 2.21. The van der Waals surface area contributed by atoms with Gasteiger partial charge in [-0.2, -0.15) is 0 Å². The molecule has 3 heterocycles. The van der Waals surface area contributed by atoms with Crippen molar-refractivity contribution in [2.45, 2.75) is 19.3 Å². The average molecular weight is 501 g/mol. The molecule has 1 fully saturated rings. The van der Waals surface area contributed by atoms with Gasteiger partial charge >= 0.3 is 0 Å². The van der Waals surface area contributed by atoms with Gasteiger partial charge in [0.05, 0.1) is 19.3 Å². The molecule has 3 aliphatic rings. The Labute approximate surface area is 206 Å². The van der Waals surface area contributed by atoms with Crippen LogP contribution in [0.1, 0.15) is 11.1 Å². The van der Waals surface area contributed by atoms with Gasteiger partial charge in [0.15, 0.2) is 23.0 Å². The van der Waals surface area contributed by atoms with Crippen LogP contribution in [0, 0.1) is 0 Å². The molecule has 0 aliphatic carbocycles. The van der Waals surface area contributed by atoms with E-state index in [1.54, 1.807) is 0 Å². The highest BCUT2D eigenvalue weighted by Crippen LogP contribution is 2.33. The fraction of sp³-hybridized carbons (Fsp3) is 0.478. The Balaban J connectivity index is 0.00000153. The lowest BCUT2D eigenvalue weighted by Crippen LogP contribution is -2.48. The zero-order chi connectivity index (χ0) is 21.0. The summed E-state index contributed by atoms with van der Waals surface area (Å²) in [6.07, 6.45) is -0.505. The maximum absolute atomic E-state index is 10.4. The molecule has 5 rings (SSSR count). The van der Waals surface area contributed by atoms with Crippen molar-refractivity contribution in [3.05, 3.63) is 47.5 Å². The van der Waals surface area contributed by atoms with Crippen molar-refractivity contribution in [1.29, 1.82) is 0 Å². The molecule has 1 atom stereocenters. The fourth-order valence-corrected chi connectivity index (χ4v) is 4.12. The number of β-amino-alcohol motifs (C(OH)–C–C–N with tert-alkyl or cyclic N) is 1. The van der Waals surface area contributed by atoms with Crippen molar-refractivity contribution in [2.24, 2.45) is 0 Å². The zero-order valence-corrected chi connectivity index (χ0v) is 19.9. The lowest BCUT2D eigenvalue weighted by molar-refractivity contribution is 0.000851. The molecule has 0 amide bonds. The van der Waals surface area contributed by atoms with Crippen molar-refractivity contribution in [3.63, 3.8) is 0 Å². The third kappa shape index (κ3) is 6.56. The summed E-state index contributed by atoms with van der Waals surface area (Å²) < 4.78 is 27.3. The Kier molecular flexibility index (Phi) is 9.31. The highest BCUT2D eigenvalue weighted by atomic mass is 35.5. The minimum atomic E-state index is -0.505. The second kappa shape index (κ2) is 12.0. The smallest absolute Gasteiger partial charge is 0.231 e. The second-order valence-electron chi connectivity index (χ2n) is 8.12. The van der Waals surface area contributed by atoms with Gasteiger partial charge in [-0.1, -0.05) is 12.1 Å². The molecular formula is C23H30Cl2N2O6. The van der Waals surface area contributed by atoms with E-state index >= 15 is 0 Å². The molecule has 182 valence electrons. The number of hydrogen-bond acceptors (Lipinski definition) is 8. The largest absolute Gasteiger partial charge is 0.454 e. The fourth-order valence-electron chi connectivity index (χ4n) is 4.12. The molecule has 3 aliphatic heterocycles. The monoisotopic (exact) mass is 500 g/mol. The van der Waals surface area contributed by atoms with Crippen molar-refractivity contribution in [2.75, 3.05) is 52.9 Å². The van der Waals surface area contributed by atoms with E-state index < -0.39 is 6.10 Å². The zero-order valence-electron chi connectivity index (χ0n) is 18.3. The van der Waals surface area contributed by atoms with Crippen molar-refractivity contribution in [3.8, 4) is 23.0 Å². The highest BCUT2D eigenvalue weighted by molar-refractivity contribution is 5.85. The number of fused-ring (bicyclic) bond motifs is 2. The third-order valence-electron chi connectivity index (χ3n) is 5.79. The summed E-state index contributed by atoms with van der Waals surface area (Å²) in [4.78, 5) is 4.72. The number of benzene rings is 2. The summed E-state index contributed by atoms with van der Waals surface area (Å²) >= 11 is 0. The molecule has 1 unspecified atom stereocenters. The lowest BCUT2D eigenvalue weighted by Gasteiger charge is -2.35. The molecule has 0 aromatic heterocycles. The molecule has 0 bridgehead atoms. The van der Waals surface area contributed by atoms with Crippen LogP contribution in [0.2, 0.25) is 0 Å². The van der Waals surface area contributed by atoms with Crippen LogP contribution in [0.15, 0.2) is 36.4 Å². The molecule has 0 saturated carbocycles. The van der Waals surface area contributed by atoms with Crippen molar-refractivity contribution < 1.29 is 28.8 Å². The van der Waals surface area contributed by atoms with Gasteiger partial charge in [0.2, 0.25) is 13.6 Å². The SMILES string of the molecule is Cl.Cl.OC(COCc1ccc2c(c1)OCO2)CN1CCN(Cc2ccc3c(c2)OCO3)CC1. The molecule has 1 N–H and O–H groups in total. The van der Waals surface area contributed by atoms with Crippen LogP contribution in [0.5, 0.6) is 23.0 Å². The van der Waals surface area contributed by atoms with Gasteiger partial charge in [-0.25, -0.2) is 0 Å². The Morgan fingerprint density at radius 2 is 1.30 bits per heavy atom. The topological polar surface area (TPSA) is 72.9 Å². The Morgan fingerprint density at radius 1 is 0.758 bits per heavy atom. The van der Waals surface area contributed by atoms with E-state index in [1.165, 1.54) is 5.56 Å². The normalized spacial score (nSPS) is 17.8. The molecule has 8 nitrogen and oxygen atoms in total. The van der Waals surface area contributed by atoms with Gasteiger partial charge < -0.3 is 28.8 Å². The molecule has 10 heteroatoms. The maximum atomic E-state index is 10.4. The van der Waals surface area contributed by atoms with Crippen LogP contribution in [0.4, 0.5) is 0 Å². The van der Waals surface area contributed by atoms with E-state index in [-0.39, 0.29) is 31.6 Å². The number of nitrogens with zero attached hydrogens (tertiary/aromatic N) is 2. The summed E-state index contributed by atoms with van der Waals surface area (Å²) in [6, 6.07) is 11.9. The summed E-state index contributed by atoms with van der Waals surface area (Å²) in [6.45, 7) is 6.65. The molecule has 2 aromatic carbocycles. The van der Waals surface area contributed by atoms with Gasteiger partial charge in [-0.3, -0.25) is 9.80 Å². The number of ether oxygens (including phenoxy) is 5. The van der Waals surface area contributed by atoms with E-state index in [9.17, 15) is 5.11 Å². The van der Waals surface area contributed by atoms with Crippen molar-refractivity contribution in [1.82, 2.24) is 9.80 Å². The number of hydrogen-bond donors (Lipinski definition) is 1. The third-order valence-corrected chi connectivity index (χ3v) is 5.79. The second-order valence-corrected chi connectivity index (χ2v) is 8.12. The molecule has 33 heavy (non-hydrogen) atoms. The molecule has 0 radical (unpaired) electrons. The number of piperazine rings is 1. The van der Waals surface area contributed by atoms with Gasteiger partial charge in [0.1, 0.15) is 0 Å². The number of rotatable bonds is 8. The predicted molar refractivity (Wildman–Crippen MR) is 127 cm³/mol. The molecule has 1 saturated heterocycles. The molecular weight excluding hydrogens is 471 g/mol. The summed E-state index contributed by atoms with van der Waals surface area (Å²) in [5, 5.41) is 10.4. The first-order chi connectivity index (χ1) is 15.2. The number of halogens is 2. The standard InChI is InChI=1S/C23H28N2O6.2ClH/c26-19(14-27-13-18-2-4-21-23(10-18)31-16-29-21)12-25-7-5-24(6-8-25)11-17-1-3-20-22(9-17)30-15-28-20;;/h1-4,9-10,19,26H,5-8,11-16H2;2*1H. The number of aliphatic hydroxyl groups is 1. The Hall–Kier alpha value is -1.94. The van der Waals surface area contributed by atoms with Gasteiger partial charge in [0, 0.05) is 39.3 Å². The quantitative estimate of drug-likeness (QED) is 0.592. The lowest BCUT2D eigenvalue weighted by atomic mass is 10.1. The Bertz CT molecular complexity index is 911.